The van der Waals surface area contributed by atoms with Crippen LogP contribution in [0.15, 0.2) is 71.5 Å². The molecule has 1 fully saturated rings. The molecule has 2 heterocycles. The molecule has 40 heavy (non-hydrogen) atoms. The van der Waals surface area contributed by atoms with Crippen molar-refractivity contribution in [2.24, 2.45) is 0 Å². The van der Waals surface area contributed by atoms with Crippen molar-refractivity contribution in [2.75, 3.05) is 51.3 Å². The van der Waals surface area contributed by atoms with Crippen LogP contribution in [0.2, 0.25) is 0 Å². The number of nitrogens with one attached hydrogen (secondary N) is 2. The predicted octanol–water partition coefficient (Wildman–Crippen LogP) is 3.68. The van der Waals surface area contributed by atoms with E-state index in [0.29, 0.717) is 46.7 Å². The maximum absolute atomic E-state index is 14.1. The fourth-order valence-corrected chi connectivity index (χ4v) is 4.66. The van der Waals surface area contributed by atoms with E-state index >= 15 is 0 Å². The number of rotatable bonds is 8. The van der Waals surface area contributed by atoms with Crippen LogP contribution < -0.4 is 20.5 Å². The summed E-state index contributed by atoms with van der Waals surface area (Å²) in [7, 11) is 1.55. The van der Waals surface area contributed by atoms with E-state index in [-0.39, 0.29) is 23.2 Å². The minimum atomic E-state index is -0.486. The van der Waals surface area contributed by atoms with E-state index in [2.05, 4.69) is 20.2 Å². The van der Waals surface area contributed by atoms with Crippen molar-refractivity contribution in [2.45, 2.75) is 0 Å². The van der Waals surface area contributed by atoms with Crippen LogP contribution in [0.1, 0.15) is 21.6 Å². The van der Waals surface area contributed by atoms with Gasteiger partial charge < -0.3 is 25.0 Å². The quantitative estimate of drug-likeness (QED) is 0.291. The molecule has 0 bridgehead atoms. The zero-order valence-electron chi connectivity index (χ0n) is 22.1. The van der Waals surface area contributed by atoms with Crippen molar-refractivity contribution < 1.29 is 19.0 Å². The van der Waals surface area contributed by atoms with E-state index in [1.165, 1.54) is 12.1 Å². The van der Waals surface area contributed by atoms with Gasteiger partial charge in [0.15, 0.2) is 0 Å². The van der Waals surface area contributed by atoms with Crippen LogP contribution in [-0.2, 0) is 0 Å². The Kier molecular flexibility index (Phi) is 8.07. The van der Waals surface area contributed by atoms with Gasteiger partial charge in [0, 0.05) is 56.5 Å². The van der Waals surface area contributed by atoms with E-state index in [0.717, 1.165) is 26.2 Å². The van der Waals surface area contributed by atoms with Crippen molar-refractivity contribution in [1.82, 2.24) is 20.2 Å². The average Bonchev–Trinajstić information content (AvgIpc) is 2.98. The summed E-state index contributed by atoms with van der Waals surface area (Å²) >= 11 is 0. The van der Waals surface area contributed by atoms with E-state index in [1.807, 2.05) is 11.0 Å². The fourth-order valence-electron chi connectivity index (χ4n) is 4.66. The average molecular weight is 544 g/mol. The number of nitrogens with zero attached hydrogens (tertiary/aromatic N) is 3. The molecule has 0 spiro atoms. The van der Waals surface area contributed by atoms with Crippen molar-refractivity contribution >= 4 is 34.5 Å². The third-order valence-electron chi connectivity index (χ3n) is 6.92. The molecular formula is C30H30FN5O4. The molecule has 1 aromatic heterocycles. The Balaban J connectivity index is 1.17. The second-order valence-corrected chi connectivity index (χ2v) is 9.48. The molecule has 1 aliphatic rings. The number of fused-ring (bicyclic) bond motifs is 1. The number of anilines is 1. The Bertz CT molecular complexity index is 1590. The smallest absolute Gasteiger partial charge is 0.274 e. The first-order chi connectivity index (χ1) is 19.4. The predicted molar refractivity (Wildman–Crippen MR) is 153 cm³/mol. The first-order valence-corrected chi connectivity index (χ1v) is 13.0. The Labute approximate surface area is 230 Å². The summed E-state index contributed by atoms with van der Waals surface area (Å²) in [6, 6.07) is 18.4. The highest BCUT2D eigenvalue weighted by atomic mass is 19.1. The van der Waals surface area contributed by atoms with Crippen LogP contribution in [0.4, 0.5) is 10.1 Å². The molecule has 9 nitrogen and oxygen atoms in total. The topological polar surface area (TPSA) is 111 Å². The van der Waals surface area contributed by atoms with E-state index in [4.69, 9.17) is 4.74 Å². The second-order valence-electron chi connectivity index (χ2n) is 9.48. The number of benzene rings is 3. The van der Waals surface area contributed by atoms with E-state index < -0.39 is 5.56 Å². The normalized spacial score (nSPS) is 14.3. The van der Waals surface area contributed by atoms with Crippen LogP contribution in [0.3, 0.4) is 0 Å². The van der Waals surface area contributed by atoms with Gasteiger partial charge in [-0.25, -0.2) is 9.37 Å². The lowest BCUT2D eigenvalue weighted by Gasteiger charge is -2.36. The van der Waals surface area contributed by atoms with Crippen molar-refractivity contribution in [3.05, 3.63) is 99.7 Å². The Morgan fingerprint density at radius 3 is 2.52 bits per heavy atom. The van der Waals surface area contributed by atoms with Gasteiger partial charge in [-0.15, -0.1) is 0 Å². The Morgan fingerprint density at radius 2 is 1.80 bits per heavy atom. The number of carbonyl (C=O) groups is 1. The minimum Gasteiger partial charge on any atom is -0.507 e. The van der Waals surface area contributed by atoms with Gasteiger partial charge in [0.2, 0.25) is 0 Å². The number of H-pyrrole nitrogens is 1. The van der Waals surface area contributed by atoms with Gasteiger partial charge in [-0.05, 0) is 54.6 Å². The molecule has 0 radical (unpaired) electrons. The lowest BCUT2D eigenvalue weighted by molar-refractivity contribution is 0.0948. The molecule has 10 heteroatoms. The van der Waals surface area contributed by atoms with Crippen LogP contribution in [0.25, 0.3) is 22.9 Å². The summed E-state index contributed by atoms with van der Waals surface area (Å²) < 4.78 is 19.2. The number of aromatic amines is 1. The highest BCUT2D eigenvalue weighted by molar-refractivity contribution is 5.97. The lowest BCUT2D eigenvalue weighted by atomic mass is 10.1. The first kappa shape index (κ1) is 26.9. The Hall–Kier alpha value is -4.70. The molecule has 206 valence electrons. The number of aliphatic hydroxyl groups excluding tert-OH is 1. The van der Waals surface area contributed by atoms with Gasteiger partial charge in [-0.3, -0.25) is 14.5 Å². The van der Waals surface area contributed by atoms with Crippen LogP contribution in [0.5, 0.6) is 5.75 Å². The maximum atomic E-state index is 14.1. The lowest BCUT2D eigenvalue weighted by Crippen LogP contribution is -2.48. The summed E-state index contributed by atoms with van der Waals surface area (Å²) in [5.74, 6) is 0.0746. The summed E-state index contributed by atoms with van der Waals surface area (Å²) in [4.78, 5) is 36.8. The zero-order chi connectivity index (χ0) is 28.1. The zero-order valence-corrected chi connectivity index (χ0v) is 22.1. The third kappa shape index (κ3) is 6.13. The second kappa shape index (κ2) is 12.0. The van der Waals surface area contributed by atoms with Crippen molar-refractivity contribution in [1.29, 1.82) is 0 Å². The summed E-state index contributed by atoms with van der Waals surface area (Å²) in [6.07, 6.45) is 1.30. The van der Waals surface area contributed by atoms with Gasteiger partial charge in [0.25, 0.3) is 11.5 Å². The molecular weight excluding hydrogens is 513 g/mol. The molecule has 0 aliphatic carbocycles. The number of ether oxygens (including phenoxy) is 1. The molecule has 0 saturated carbocycles. The number of para-hydroxylation sites is 1. The molecule has 3 N–H and O–H groups in total. The van der Waals surface area contributed by atoms with Crippen molar-refractivity contribution in [3.63, 3.8) is 0 Å². The Morgan fingerprint density at radius 1 is 1.07 bits per heavy atom. The molecule has 0 unspecified atom stereocenters. The van der Waals surface area contributed by atoms with Crippen LogP contribution in [-0.4, -0.2) is 72.3 Å². The van der Waals surface area contributed by atoms with E-state index in [1.54, 1.807) is 61.7 Å². The van der Waals surface area contributed by atoms with Crippen LogP contribution >= 0.6 is 0 Å². The number of hydrogen-bond donors (Lipinski definition) is 3. The maximum Gasteiger partial charge on any atom is 0.274 e. The number of piperazine rings is 1. The number of amides is 1. The molecule has 0 atom stereocenters. The largest absolute Gasteiger partial charge is 0.507 e. The molecule has 5 rings (SSSR count). The van der Waals surface area contributed by atoms with E-state index in [9.17, 15) is 19.1 Å². The van der Waals surface area contributed by atoms with Gasteiger partial charge in [0.05, 0.1) is 23.8 Å². The molecule has 1 saturated heterocycles. The molecule has 1 aliphatic heterocycles. The summed E-state index contributed by atoms with van der Waals surface area (Å²) in [5, 5.41) is 13.4. The van der Waals surface area contributed by atoms with Gasteiger partial charge in [-0.2, -0.15) is 0 Å². The van der Waals surface area contributed by atoms with Gasteiger partial charge in [-0.1, -0.05) is 12.1 Å². The summed E-state index contributed by atoms with van der Waals surface area (Å²) in [5.41, 5.74) is 2.00. The van der Waals surface area contributed by atoms with Gasteiger partial charge in [0.1, 0.15) is 23.0 Å². The number of aromatic nitrogens is 2. The SMILES string of the molecule is COc1ccc(C(O)=Cc2nc3ccc(C(=O)NCCN4CCN(c5ccccc5F)CC4)cc3[nH]c2=O)cc1. The molecule has 1 amide bonds. The third-order valence-corrected chi connectivity index (χ3v) is 6.92. The summed E-state index contributed by atoms with van der Waals surface area (Å²) in [6.45, 7) is 4.12. The molecule has 3 aromatic carbocycles. The highest BCUT2D eigenvalue weighted by Crippen LogP contribution is 2.21. The number of halogens is 1. The van der Waals surface area contributed by atoms with Crippen molar-refractivity contribution in [3.8, 4) is 5.75 Å². The number of aliphatic hydroxyl groups is 1. The standard InChI is InChI=1S/C30H30FN5O4/c1-40-22-9-6-20(7-10-22)28(37)19-26-30(39)34-25-18-21(8-11-24(25)33-26)29(38)32-12-13-35-14-16-36(17-15-35)27-5-3-2-4-23(27)31/h2-11,18-19,37H,12-17H2,1H3,(H,32,38)(H,34,39). The first-order valence-electron chi connectivity index (χ1n) is 13.0. The highest BCUT2D eigenvalue weighted by Gasteiger charge is 2.19. The molecule has 4 aromatic rings. The number of methoxy groups -OCH3 is 1. The van der Waals surface area contributed by atoms with Crippen LogP contribution in [0, 0.1) is 5.82 Å². The monoisotopic (exact) mass is 543 g/mol. The number of hydrogen-bond acceptors (Lipinski definition) is 7. The van der Waals surface area contributed by atoms with Gasteiger partial charge >= 0.3 is 0 Å². The number of carbonyl (C=O) groups excluding carboxylic acids is 1. The fraction of sp³-hybridized carbons (Fsp3) is 0.233. The minimum absolute atomic E-state index is 0.0492.